The zero-order valence-corrected chi connectivity index (χ0v) is 9.37. The largest absolute Gasteiger partial charge is 0.301 e. The Balaban J connectivity index is 1.93. The highest BCUT2D eigenvalue weighted by Gasteiger charge is 2.22. The predicted molar refractivity (Wildman–Crippen MR) is 59.7 cm³/mol. The molecule has 2 N–H and O–H groups in total. The number of aromatic nitrogens is 1. The molecule has 2 heterocycles. The molecule has 1 aromatic rings. The Morgan fingerprint density at radius 1 is 1.79 bits per heavy atom. The molecule has 2 rings (SSSR count). The summed E-state index contributed by atoms with van der Waals surface area (Å²) in [5, 5.41) is 8.52. The van der Waals surface area contributed by atoms with Crippen LogP contribution >= 0.6 is 23.1 Å². The van der Waals surface area contributed by atoms with Crippen LogP contribution in [0.25, 0.3) is 0 Å². The minimum atomic E-state index is -0.0655. The molecule has 4 nitrogen and oxygen atoms in total. The van der Waals surface area contributed by atoms with E-state index in [0.29, 0.717) is 5.13 Å². The first-order valence-electron chi connectivity index (χ1n) is 4.30. The summed E-state index contributed by atoms with van der Waals surface area (Å²) in [6.07, 6.45) is 0. The molecule has 1 amide bonds. The number of hydrogen-bond acceptors (Lipinski definition) is 5. The van der Waals surface area contributed by atoms with Crippen molar-refractivity contribution >= 4 is 34.1 Å². The van der Waals surface area contributed by atoms with Crippen molar-refractivity contribution in [2.45, 2.75) is 13.0 Å². The number of carbonyl (C=O) groups excluding carboxylic acids is 1. The molecule has 0 aromatic carbocycles. The van der Waals surface area contributed by atoms with Crippen molar-refractivity contribution in [3.05, 3.63) is 11.1 Å². The summed E-state index contributed by atoms with van der Waals surface area (Å²) >= 11 is 3.20. The Bertz CT molecular complexity index is 333. The highest BCUT2D eigenvalue weighted by Crippen LogP contribution is 2.16. The number of hydrogen-bond donors (Lipinski definition) is 2. The standard InChI is InChI=1S/C8H11N3OS2/c1-5-2-14-8(10-5)11-7(12)6-3-13-4-9-6/h2,6,9H,3-4H2,1H3,(H,10,11,12)/t6-/m1/s1. The summed E-state index contributed by atoms with van der Waals surface area (Å²) in [5.41, 5.74) is 0.944. The van der Waals surface area contributed by atoms with Crippen LogP contribution in [0, 0.1) is 6.92 Å². The van der Waals surface area contributed by atoms with Gasteiger partial charge >= 0.3 is 0 Å². The number of nitrogens with zero attached hydrogens (tertiary/aromatic N) is 1. The van der Waals surface area contributed by atoms with Crippen molar-refractivity contribution in [3.8, 4) is 0 Å². The summed E-state index contributed by atoms with van der Waals surface area (Å²) in [6, 6.07) is -0.0655. The maximum atomic E-state index is 11.6. The average Bonchev–Trinajstić information content (AvgIpc) is 2.75. The fourth-order valence-electron chi connectivity index (χ4n) is 1.17. The van der Waals surface area contributed by atoms with Crippen molar-refractivity contribution in [3.63, 3.8) is 0 Å². The van der Waals surface area contributed by atoms with E-state index in [1.807, 2.05) is 12.3 Å². The molecule has 1 fully saturated rings. The number of nitrogens with one attached hydrogen (secondary N) is 2. The SMILES string of the molecule is Cc1csc(NC(=O)[C@H]2CSCN2)n1. The van der Waals surface area contributed by atoms with E-state index in [0.717, 1.165) is 17.3 Å². The average molecular weight is 229 g/mol. The first kappa shape index (κ1) is 9.95. The van der Waals surface area contributed by atoms with Crippen LogP contribution in [0.3, 0.4) is 0 Å². The lowest BCUT2D eigenvalue weighted by Gasteiger charge is -2.07. The number of aryl methyl sites for hydroxylation is 1. The van der Waals surface area contributed by atoms with Crippen LogP contribution in [0.5, 0.6) is 0 Å². The van der Waals surface area contributed by atoms with Gasteiger partial charge in [-0.05, 0) is 6.92 Å². The number of thiazole rings is 1. The predicted octanol–water partition coefficient (Wildman–Crippen LogP) is 1.05. The monoisotopic (exact) mass is 229 g/mol. The topological polar surface area (TPSA) is 54.0 Å². The fourth-order valence-corrected chi connectivity index (χ4v) is 2.80. The van der Waals surface area contributed by atoms with Crippen LogP contribution in [-0.4, -0.2) is 28.6 Å². The van der Waals surface area contributed by atoms with Gasteiger partial charge in [0.25, 0.3) is 0 Å². The Morgan fingerprint density at radius 3 is 3.21 bits per heavy atom. The van der Waals surface area contributed by atoms with Gasteiger partial charge in [0.2, 0.25) is 5.91 Å². The molecule has 0 saturated carbocycles. The number of carbonyl (C=O) groups is 1. The molecule has 76 valence electrons. The van der Waals surface area contributed by atoms with Gasteiger partial charge in [-0.1, -0.05) is 0 Å². The van der Waals surface area contributed by atoms with Gasteiger partial charge in [0.05, 0.1) is 11.7 Å². The lowest BCUT2D eigenvalue weighted by Crippen LogP contribution is -2.37. The molecule has 0 radical (unpaired) electrons. The highest BCUT2D eigenvalue weighted by atomic mass is 32.2. The summed E-state index contributed by atoms with van der Waals surface area (Å²) in [7, 11) is 0. The second kappa shape index (κ2) is 4.29. The van der Waals surface area contributed by atoms with Crippen LogP contribution in [0.1, 0.15) is 5.69 Å². The Hall–Kier alpha value is -0.590. The number of anilines is 1. The third-order valence-corrected chi connectivity index (χ3v) is 3.70. The van der Waals surface area contributed by atoms with Gasteiger partial charge < -0.3 is 5.32 Å². The molecular weight excluding hydrogens is 218 g/mol. The van der Waals surface area contributed by atoms with Crippen molar-refractivity contribution in [2.24, 2.45) is 0 Å². The third-order valence-electron chi connectivity index (χ3n) is 1.88. The van der Waals surface area contributed by atoms with Gasteiger partial charge in [-0.2, -0.15) is 0 Å². The Kier molecular flexibility index (Phi) is 3.05. The van der Waals surface area contributed by atoms with E-state index in [4.69, 9.17) is 0 Å². The van der Waals surface area contributed by atoms with Crippen LogP contribution in [0.4, 0.5) is 5.13 Å². The van der Waals surface area contributed by atoms with E-state index in [1.54, 1.807) is 11.8 Å². The van der Waals surface area contributed by atoms with Crippen molar-refractivity contribution < 1.29 is 4.79 Å². The zero-order chi connectivity index (χ0) is 9.97. The molecule has 1 aromatic heterocycles. The molecule has 1 aliphatic rings. The number of thioether (sulfide) groups is 1. The van der Waals surface area contributed by atoms with Gasteiger partial charge in [-0.15, -0.1) is 23.1 Å². The molecule has 1 saturated heterocycles. The lowest BCUT2D eigenvalue weighted by atomic mass is 10.3. The van der Waals surface area contributed by atoms with Gasteiger partial charge in [0.15, 0.2) is 5.13 Å². The van der Waals surface area contributed by atoms with E-state index in [-0.39, 0.29) is 11.9 Å². The summed E-state index contributed by atoms with van der Waals surface area (Å²) in [5.74, 6) is 1.72. The van der Waals surface area contributed by atoms with E-state index in [9.17, 15) is 4.79 Å². The second-order valence-electron chi connectivity index (χ2n) is 3.06. The van der Waals surface area contributed by atoms with E-state index in [1.165, 1.54) is 11.3 Å². The van der Waals surface area contributed by atoms with Crippen LogP contribution in [-0.2, 0) is 4.79 Å². The maximum absolute atomic E-state index is 11.6. The molecule has 14 heavy (non-hydrogen) atoms. The molecule has 6 heteroatoms. The third kappa shape index (κ3) is 2.26. The molecule has 1 atom stereocenters. The van der Waals surface area contributed by atoms with E-state index in [2.05, 4.69) is 15.6 Å². The minimum Gasteiger partial charge on any atom is -0.301 e. The molecular formula is C8H11N3OS2. The van der Waals surface area contributed by atoms with Crippen molar-refractivity contribution in [1.29, 1.82) is 0 Å². The van der Waals surface area contributed by atoms with Gasteiger partial charge in [-0.25, -0.2) is 4.98 Å². The maximum Gasteiger partial charge on any atom is 0.244 e. The van der Waals surface area contributed by atoms with Crippen molar-refractivity contribution in [1.82, 2.24) is 10.3 Å². The smallest absolute Gasteiger partial charge is 0.244 e. The molecule has 0 aliphatic carbocycles. The zero-order valence-electron chi connectivity index (χ0n) is 7.74. The normalized spacial score (nSPS) is 21.1. The van der Waals surface area contributed by atoms with Crippen LogP contribution < -0.4 is 10.6 Å². The summed E-state index contributed by atoms with van der Waals surface area (Å²) in [6.45, 7) is 1.91. The number of rotatable bonds is 2. The van der Waals surface area contributed by atoms with E-state index >= 15 is 0 Å². The first-order chi connectivity index (χ1) is 6.75. The van der Waals surface area contributed by atoms with Gasteiger partial charge in [0, 0.05) is 17.0 Å². The Morgan fingerprint density at radius 2 is 2.64 bits per heavy atom. The van der Waals surface area contributed by atoms with Gasteiger partial charge in [-0.3, -0.25) is 10.1 Å². The molecule has 1 aliphatic heterocycles. The van der Waals surface area contributed by atoms with Crippen LogP contribution in [0.2, 0.25) is 0 Å². The number of amides is 1. The Labute approximate surface area is 90.5 Å². The lowest BCUT2D eigenvalue weighted by molar-refractivity contribution is -0.117. The van der Waals surface area contributed by atoms with E-state index < -0.39 is 0 Å². The van der Waals surface area contributed by atoms with Crippen LogP contribution in [0.15, 0.2) is 5.38 Å². The second-order valence-corrected chi connectivity index (χ2v) is 4.94. The molecule has 0 bridgehead atoms. The quantitative estimate of drug-likeness (QED) is 0.796. The molecule has 0 unspecified atom stereocenters. The first-order valence-corrected chi connectivity index (χ1v) is 6.33. The molecule has 0 spiro atoms. The highest BCUT2D eigenvalue weighted by molar-refractivity contribution is 7.99. The van der Waals surface area contributed by atoms with Crippen molar-refractivity contribution in [2.75, 3.05) is 16.9 Å². The minimum absolute atomic E-state index is 0.0179. The summed E-state index contributed by atoms with van der Waals surface area (Å²) < 4.78 is 0. The summed E-state index contributed by atoms with van der Waals surface area (Å²) in [4.78, 5) is 15.8. The van der Waals surface area contributed by atoms with Gasteiger partial charge in [0.1, 0.15) is 0 Å². The fraction of sp³-hybridized carbons (Fsp3) is 0.500.